The summed E-state index contributed by atoms with van der Waals surface area (Å²) >= 11 is 4.24. The molecule has 0 N–H and O–H groups in total. The van der Waals surface area contributed by atoms with E-state index in [1.54, 1.807) is 11.8 Å². The van der Waals surface area contributed by atoms with E-state index in [0.29, 0.717) is 0 Å². The third-order valence-electron chi connectivity index (χ3n) is 1.65. The van der Waals surface area contributed by atoms with Crippen molar-refractivity contribution in [2.24, 2.45) is 7.05 Å². The zero-order valence-corrected chi connectivity index (χ0v) is 11.9. The topological polar surface area (TPSA) is 27.1 Å². The second-order valence-corrected chi connectivity index (χ2v) is 2.34. The van der Waals surface area contributed by atoms with Gasteiger partial charge in [0.05, 0.1) is 12.8 Å². The van der Waals surface area contributed by atoms with Gasteiger partial charge in [-0.25, -0.2) is 4.68 Å². The molecular formula is C7H12I2N2O. The first-order chi connectivity index (χ1) is 5.66. The van der Waals surface area contributed by atoms with Crippen molar-refractivity contribution < 1.29 is 4.74 Å². The van der Waals surface area contributed by atoms with Crippen molar-refractivity contribution in [2.45, 2.75) is 13.8 Å². The maximum atomic E-state index is 5.10. The first-order valence-corrected chi connectivity index (χ1v) is 9.64. The molecule has 0 unspecified atom stereocenters. The minimum atomic E-state index is 0.845. The zero-order chi connectivity index (χ0) is 9.72. The lowest BCUT2D eigenvalue weighted by Crippen LogP contribution is -1.95. The fraction of sp³-hybridized carbons (Fsp3) is 0.571. The van der Waals surface area contributed by atoms with E-state index in [0.717, 1.165) is 17.1 Å². The second kappa shape index (κ2) is 6.01. The van der Waals surface area contributed by atoms with Crippen LogP contribution >= 0.6 is 37.2 Å². The molecule has 0 atom stereocenters. The molecule has 12 heavy (non-hydrogen) atoms. The summed E-state index contributed by atoms with van der Waals surface area (Å²) in [5, 5.41) is 4.17. The number of halogens is 2. The highest BCUT2D eigenvalue weighted by Gasteiger charge is 2.07. The maximum absolute atomic E-state index is 5.10. The molecule has 0 saturated heterocycles. The number of hydrogen-bond donors (Lipinski definition) is 0. The Morgan fingerprint density at radius 2 is 1.83 bits per heavy atom. The molecule has 0 amide bonds. The molecule has 70 valence electrons. The minimum absolute atomic E-state index is 0.845. The van der Waals surface area contributed by atoms with Crippen LogP contribution in [0.5, 0.6) is 5.88 Å². The van der Waals surface area contributed by atoms with Crippen LogP contribution in [-0.4, -0.2) is 16.9 Å². The number of rotatable bonds is 1. The van der Waals surface area contributed by atoms with E-state index in [9.17, 15) is 0 Å². The van der Waals surface area contributed by atoms with Crippen LogP contribution in [0, 0.1) is 13.8 Å². The molecule has 0 bridgehead atoms. The van der Waals surface area contributed by atoms with Crippen LogP contribution in [0.25, 0.3) is 0 Å². The van der Waals surface area contributed by atoms with Crippen molar-refractivity contribution in [3.63, 3.8) is 0 Å². The van der Waals surface area contributed by atoms with Crippen LogP contribution < -0.4 is 4.74 Å². The van der Waals surface area contributed by atoms with Crippen LogP contribution in [-0.2, 0) is 7.05 Å². The van der Waals surface area contributed by atoms with E-state index < -0.39 is 0 Å². The molecule has 0 aliphatic rings. The van der Waals surface area contributed by atoms with Gasteiger partial charge in [-0.2, -0.15) is 5.10 Å². The highest BCUT2D eigenvalue weighted by molar-refractivity contribution is 15.0. The monoisotopic (exact) mass is 394 g/mol. The number of ether oxygens (including phenoxy) is 1. The summed E-state index contributed by atoms with van der Waals surface area (Å²) < 4.78 is 6.84. The van der Waals surface area contributed by atoms with Crippen molar-refractivity contribution in [1.29, 1.82) is 0 Å². The predicted molar refractivity (Wildman–Crippen MR) is 67.3 cm³/mol. The van der Waals surface area contributed by atoms with Gasteiger partial charge in [-0.3, -0.25) is 0 Å². The average Bonchev–Trinajstić information content (AvgIpc) is 2.31. The van der Waals surface area contributed by atoms with Crippen molar-refractivity contribution in [2.75, 3.05) is 7.11 Å². The summed E-state index contributed by atoms with van der Waals surface area (Å²) in [6, 6.07) is 0. The van der Waals surface area contributed by atoms with Gasteiger partial charge in [0.15, 0.2) is 0 Å². The lowest BCUT2D eigenvalue weighted by molar-refractivity contribution is 0.371. The van der Waals surface area contributed by atoms with Crippen LogP contribution in [0.3, 0.4) is 0 Å². The summed E-state index contributed by atoms with van der Waals surface area (Å²) in [7, 11) is 3.53. The van der Waals surface area contributed by atoms with Crippen LogP contribution in [0.15, 0.2) is 0 Å². The number of nitrogens with zero attached hydrogens (tertiary/aromatic N) is 2. The Hall–Kier alpha value is 0.470. The van der Waals surface area contributed by atoms with E-state index in [4.69, 9.17) is 4.74 Å². The Labute approximate surface area is 96.2 Å². The molecule has 0 radical (unpaired) electrons. The summed E-state index contributed by atoms with van der Waals surface area (Å²) in [5.41, 5.74) is 2.14. The minimum Gasteiger partial charge on any atom is -0.481 e. The highest BCUT2D eigenvalue weighted by atomic mass is 128. The van der Waals surface area contributed by atoms with Crippen LogP contribution in [0.1, 0.15) is 11.3 Å². The second-order valence-electron chi connectivity index (χ2n) is 2.34. The van der Waals surface area contributed by atoms with Crippen molar-refractivity contribution in [1.82, 2.24) is 9.78 Å². The first-order valence-electron chi connectivity index (χ1n) is 3.35. The summed E-state index contributed by atoms with van der Waals surface area (Å²) in [5.74, 6) is 0.845. The largest absolute Gasteiger partial charge is 0.481 e. The third-order valence-corrected chi connectivity index (χ3v) is 1.65. The number of aromatic nitrogens is 2. The Bertz CT molecular complexity index is 248. The lowest BCUT2D eigenvalue weighted by Gasteiger charge is -1.98. The van der Waals surface area contributed by atoms with Crippen molar-refractivity contribution >= 4 is 37.2 Å². The first kappa shape index (κ1) is 12.5. The number of hydrogen-bond acceptors (Lipinski definition) is 2. The molecule has 1 rings (SSSR count). The molecule has 1 aromatic rings. The van der Waals surface area contributed by atoms with Gasteiger partial charge < -0.3 is 4.74 Å². The molecule has 0 saturated carbocycles. The van der Waals surface area contributed by atoms with Crippen molar-refractivity contribution in [3.8, 4) is 5.88 Å². The number of methoxy groups -OCH3 is 1. The summed E-state index contributed by atoms with van der Waals surface area (Å²) in [4.78, 5) is 0. The SMILES string of the molecule is COc1c(C)c(C)nn1C.II. The van der Waals surface area contributed by atoms with E-state index >= 15 is 0 Å². The van der Waals surface area contributed by atoms with E-state index in [1.165, 1.54) is 0 Å². The number of aryl methyl sites for hydroxylation is 2. The molecule has 0 aliphatic carbocycles. The molecule has 0 spiro atoms. The molecule has 0 fully saturated rings. The van der Waals surface area contributed by atoms with Gasteiger partial charge in [-0.1, -0.05) is 0 Å². The van der Waals surface area contributed by atoms with Gasteiger partial charge in [0.25, 0.3) is 0 Å². The van der Waals surface area contributed by atoms with Gasteiger partial charge in [-0.05, 0) is 13.8 Å². The molecule has 5 heteroatoms. The van der Waals surface area contributed by atoms with E-state index in [1.807, 2.05) is 20.9 Å². The predicted octanol–water partition coefficient (Wildman–Crippen LogP) is 2.82. The Kier molecular flexibility index (Phi) is 6.24. The van der Waals surface area contributed by atoms with Gasteiger partial charge in [0.2, 0.25) is 5.88 Å². The van der Waals surface area contributed by atoms with Crippen LogP contribution in [0.4, 0.5) is 0 Å². The molecule has 0 aliphatic heterocycles. The summed E-state index contributed by atoms with van der Waals surface area (Å²) in [6.45, 7) is 3.97. The summed E-state index contributed by atoms with van der Waals surface area (Å²) in [6.07, 6.45) is 0. The van der Waals surface area contributed by atoms with Gasteiger partial charge >= 0.3 is 0 Å². The molecule has 0 aromatic carbocycles. The molecule has 1 heterocycles. The Morgan fingerprint density at radius 3 is 2.00 bits per heavy atom. The van der Waals surface area contributed by atoms with Gasteiger partial charge in [-0.15, -0.1) is 0 Å². The molecular weight excluding hydrogens is 382 g/mol. The maximum Gasteiger partial charge on any atom is 0.214 e. The highest BCUT2D eigenvalue weighted by Crippen LogP contribution is 2.18. The lowest BCUT2D eigenvalue weighted by atomic mass is 10.3. The fourth-order valence-electron chi connectivity index (χ4n) is 1.03. The average molecular weight is 394 g/mol. The fourth-order valence-corrected chi connectivity index (χ4v) is 1.03. The smallest absolute Gasteiger partial charge is 0.214 e. The van der Waals surface area contributed by atoms with E-state index in [2.05, 4.69) is 42.3 Å². The van der Waals surface area contributed by atoms with Crippen LogP contribution in [0.2, 0.25) is 0 Å². The molecule has 3 nitrogen and oxygen atoms in total. The molecule has 1 aromatic heterocycles. The quantitative estimate of drug-likeness (QED) is 0.686. The standard InChI is InChI=1S/C7H12N2O.I2/c1-5-6(2)8-9(3)7(5)10-4;1-2/h1-4H3;. The van der Waals surface area contributed by atoms with Crippen molar-refractivity contribution in [3.05, 3.63) is 11.3 Å². The van der Waals surface area contributed by atoms with Gasteiger partial charge in [0, 0.05) is 49.8 Å². The normalized spacial score (nSPS) is 8.83. The third kappa shape index (κ3) is 2.75. The Balaban J connectivity index is 0.000000561. The van der Waals surface area contributed by atoms with Gasteiger partial charge in [0.1, 0.15) is 0 Å². The Morgan fingerprint density at radius 1 is 1.33 bits per heavy atom. The zero-order valence-electron chi connectivity index (χ0n) is 7.56. The van der Waals surface area contributed by atoms with E-state index in [-0.39, 0.29) is 0 Å².